The fourth-order valence-corrected chi connectivity index (χ4v) is 2.95. The maximum absolute atomic E-state index is 4.40. The lowest BCUT2D eigenvalue weighted by molar-refractivity contribution is 0.880. The number of aromatic nitrogens is 2. The second-order valence-electron chi connectivity index (χ2n) is 3.04. The molecule has 0 radical (unpaired) electrons. The summed E-state index contributed by atoms with van der Waals surface area (Å²) in [5.41, 5.74) is 3.37. The molecule has 2 heterocycles. The van der Waals surface area contributed by atoms with Crippen molar-refractivity contribution in [1.29, 1.82) is 0 Å². The smallest absolute Gasteiger partial charge is 0.109 e. The van der Waals surface area contributed by atoms with Crippen LogP contribution < -0.4 is 0 Å². The summed E-state index contributed by atoms with van der Waals surface area (Å²) in [5, 5.41) is 4.40. The monoisotopic (exact) mass is 302 g/mol. The van der Waals surface area contributed by atoms with Gasteiger partial charge in [-0.1, -0.05) is 0 Å². The van der Waals surface area contributed by atoms with Gasteiger partial charge < -0.3 is 0 Å². The van der Waals surface area contributed by atoms with Gasteiger partial charge in [-0.05, 0) is 63.4 Å². The molecule has 4 heteroatoms. The Labute approximate surface area is 93.2 Å². The largest absolute Gasteiger partial charge is 0.225 e. The number of nitrogens with zero attached hydrogens (tertiary/aromatic N) is 2. The van der Waals surface area contributed by atoms with Gasteiger partial charge in [0.15, 0.2) is 0 Å². The first-order valence-corrected chi connectivity index (χ1v) is 5.49. The zero-order valence-electron chi connectivity index (χ0n) is 7.31. The second kappa shape index (κ2) is 3.10. The fourth-order valence-electron chi connectivity index (χ4n) is 1.46. The van der Waals surface area contributed by atoms with Crippen LogP contribution in [0.15, 0.2) is 21.2 Å². The third kappa shape index (κ3) is 1.42. The molecule has 13 heavy (non-hydrogen) atoms. The lowest BCUT2D eigenvalue weighted by atomic mass is 10.2. The van der Waals surface area contributed by atoms with Crippen LogP contribution in [0.2, 0.25) is 0 Å². The zero-order valence-corrected chi connectivity index (χ0v) is 10.5. The van der Waals surface area contributed by atoms with E-state index in [1.54, 1.807) is 0 Å². The second-order valence-corrected chi connectivity index (χ2v) is 4.71. The fraction of sp³-hybridized carbons (Fsp3) is 0.222. The predicted octanol–water partition coefficient (Wildman–Crippen LogP) is 3.48. The summed E-state index contributed by atoms with van der Waals surface area (Å²) in [6.45, 7) is 4.08. The van der Waals surface area contributed by atoms with Crippen molar-refractivity contribution in [2.24, 2.45) is 0 Å². The molecule has 68 valence electrons. The van der Waals surface area contributed by atoms with Crippen LogP contribution in [0, 0.1) is 13.8 Å². The van der Waals surface area contributed by atoms with Crippen molar-refractivity contribution in [3.05, 3.63) is 32.5 Å². The number of hydrogen-bond acceptors (Lipinski definition) is 1. The first-order chi connectivity index (χ1) is 6.09. The first-order valence-electron chi connectivity index (χ1n) is 3.90. The molecule has 0 spiro atoms. The standard InChI is InChI=1S/C9H8Br2N2/c1-5-3-6(2)12-13-8(11)4-7(10)9(5)13/h3-4H,1-2H3. The molecule has 0 atom stereocenters. The SMILES string of the molecule is Cc1cc(C)c2c(Br)cc(Br)n2n1. The quantitative estimate of drug-likeness (QED) is 0.728. The lowest BCUT2D eigenvalue weighted by Gasteiger charge is -2.01. The maximum Gasteiger partial charge on any atom is 0.109 e. The maximum atomic E-state index is 4.40. The number of hydrogen-bond donors (Lipinski definition) is 0. The molecule has 0 saturated carbocycles. The molecule has 0 aliphatic rings. The van der Waals surface area contributed by atoms with E-state index in [1.807, 2.05) is 17.5 Å². The van der Waals surface area contributed by atoms with E-state index < -0.39 is 0 Å². The van der Waals surface area contributed by atoms with Gasteiger partial charge >= 0.3 is 0 Å². The minimum absolute atomic E-state index is 0.973. The summed E-state index contributed by atoms with van der Waals surface area (Å²) in [6, 6.07) is 4.08. The highest BCUT2D eigenvalue weighted by molar-refractivity contribution is 9.11. The summed E-state index contributed by atoms with van der Waals surface area (Å²) in [5.74, 6) is 0. The van der Waals surface area contributed by atoms with E-state index in [1.165, 1.54) is 5.56 Å². The Morgan fingerprint density at radius 3 is 2.62 bits per heavy atom. The number of fused-ring (bicyclic) bond motifs is 1. The summed E-state index contributed by atoms with van der Waals surface area (Å²) in [4.78, 5) is 0. The number of halogens is 2. The first kappa shape index (κ1) is 9.21. The van der Waals surface area contributed by atoms with E-state index in [9.17, 15) is 0 Å². The van der Waals surface area contributed by atoms with Crippen molar-refractivity contribution in [3.8, 4) is 0 Å². The molecule has 0 saturated heterocycles. The van der Waals surface area contributed by atoms with Gasteiger partial charge in [-0.15, -0.1) is 0 Å². The Kier molecular flexibility index (Phi) is 2.20. The lowest BCUT2D eigenvalue weighted by Crippen LogP contribution is -1.96. The van der Waals surface area contributed by atoms with Gasteiger partial charge in [-0.25, -0.2) is 4.52 Å². The van der Waals surface area contributed by atoms with E-state index in [0.29, 0.717) is 0 Å². The average Bonchev–Trinajstić information content (AvgIpc) is 2.27. The van der Waals surface area contributed by atoms with Crippen LogP contribution in [0.1, 0.15) is 11.3 Å². The van der Waals surface area contributed by atoms with Crippen molar-refractivity contribution in [2.45, 2.75) is 13.8 Å². The number of aryl methyl sites for hydroxylation is 2. The van der Waals surface area contributed by atoms with Crippen molar-refractivity contribution < 1.29 is 0 Å². The van der Waals surface area contributed by atoms with E-state index >= 15 is 0 Å². The highest BCUT2D eigenvalue weighted by Gasteiger charge is 2.08. The Hall–Kier alpha value is -0.350. The molecule has 0 fully saturated rings. The van der Waals surface area contributed by atoms with Crippen molar-refractivity contribution >= 4 is 37.4 Å². The van der Waals surface area contributed by atoms with E-state index in [2.05, 4.69) is 49.9 Å². The Morgan fingerprint density at radius 2 is 1.92 bits per heavy atom. The highest BCUT2D eigenvalue weighted by atomic mass is 79.9. The molecular formula is C9H8Br2N2. The van der Waals surface area contributed by atoms with Gasteiger partial charge in [0.05, 0.1) is 11.2 Å². The van der Waals surface area contributed by atoms with Gasteiger partial charge in [0.2, 0.25) is 0 Å². The minimum atomic E-state index is 0.973. The predicted molar refractivity (Wildman–Crippen MR) is 60.1 cm³/mol. The van der Waals surface area contributed by atoms with Crippen LogP contribution in [0.3, 0.4) is 0 Å². The van der Waals surface area contributed by atoms with Crippen LogP contribution in [0.25, 0.3) is 5.52 Å². The molecule has 2 aromatic rings. The third-order valence-electron chi connectivity index (χ3n) is 1.94. The van der Waals surface area contributed by atoms with Crippen LogP contribution in [-0.2, 0) is 0 Å². The van der Waals surface area contributed by atoms with E-state index in [0.717, 1.165) is 20.3 Å². The molecular weight excluding hydrogens is 296 g/mol. The molecule has 0 bridgehead atoms. The van der Waals surface area contributed by atoms with E-state index in [4.69, 9.17) is 0 Å². The van der Waals surface area contributed by atoms with Crippen molar-refractivity contribution in [1.82, 2.24) is 9.61 Å². The van der Waals surface area contributed by atoms with Crippen LogP contribution in [0.5, 0.6) is 0 Å². The van der Waals surface area contributed by atoms with Crippen molar-refractivity contribution in [2.75, 3.05) is 0 Å². The molecule has 0 unspecified atom stereocenters. The molecule has 0 amide bonds. The zero-order chi connectivity index (χ0) is 9.59. The number of rotatable bonds is 0. The summed E-state index contributed by atoms with van der Waals surface area (Å²) < 4.78 is 3.94. The molecule has 2 nitrogen and oxygen atoms in total. The highest BCUT2D eigenvalue weighted by Crippen LogP contribution is 2.27. The average molecular weight is 304 g/mol. The molecule has 0 aliphatic heterocycles. The molecule has 2 rings (SSSR count). The van der Waals surface area contributed by atoms with Crippen LogP contribution >= 0.6 is 31.9 Å². The summed E-state index contributed by atoms with van der Waals surface area (Å²) in [6.07, 6.45) is 0. The Balaban J connectivity index is 2.97. The minimum Gasteiger partial charge on any atom is -0.225 e. The molecule has 2 aromatic heterocycles. The van der Waals surface area contributed by atoms with Gasteiger partial charge in [-0.3, -0.25) is 0 Å². The third-order valence-corrected chi connectivity index (χ3v) is 3.11. The van der Waals surface area contributed by atoms with Crippen molar-refractivity contribution in [3.63, 3.8) is 0 Å². The molecule has 0 aromatic carbocycles. The van der Waals surface area contributed by atoms with Crippen LogP contribution in [-0.4, -0.2) is 9.61 Å². The van der Waals surface area contributed by atoms with Gasteiger partial charge in [0.1, 0.15) is 4.60 Å². The topological polar surface area (TPSA) is 17.3 Å². The van der Waals surface area contributed by atoms with Gasteiger partial charge in [0.25, 0.3) is 0 Å². The Bertz CT molecular complexity index is 474. The van der Waals surface area contributed by atoms with Gasteiger partial charge in [0, 0.05) is 4.47 Å². The summed E-state index contributed by atoms with van der Waals surface area (Å²) >= 11 is 6.96. The molecule has 0 N–H and O–H groups in total. The Morgan fingerprint density at radius 1 is 1.23 bits per heavy atom. The van der Waals surface area contributed by atoms with Crippen LogP contribution in [0.4, 0.5) is 0 Å². The normalized spacial score (nSPS) is 11.1. The van der Waals surface area contributed by atoms with Gasteiger partial charge in [-0.2, -0.15) is 5.10 Å². The summed E-state index contributed by atoms with van der Waals surface area (Å²) in [7, 11) is 0. The van der Waals surface area contributed by atoms with E-state index in [-0.39, 0.29) is 0 Å². The molecule has 0 aliphatic carbocycles.